The van der Waals surface area contributed by atoms with Crippen molar-refractivity contribution < 1.29 is 18.6 Å². The predicted molar refractivity (Wildman–Crippen MR) is 71.7 cm³/mol. The van der Waals surface area contributed by atoms with Gasteiger partial charge in [0.2, 0.25) is 0 Å². The van der Waals surface area contributed by atoms with Crippen molar-refractivity contribution in [1.29, 1.82) is 5.26 Å². The van der Waals surface area contributed by atoms with Gasteiger partial charge in [0, 0.05) is 19.6 Å². The van der Waals surface area contributed by atoms with Gasteiger partial charge in [-0.25, -0.2) is 8.42 Å². The van der Waals surface area contributed by atoms with E-state index in [9.17, 15) is 18.6 Å². The van der Waals surface area contributed by atoms with Crippen LogP contribution in [0.25, 0.3) is 0 Å². The molecule has 20 heavy (non-hydrogen) atoms. The molecule has 1 aliphatic rings. The second kappa shape index (κ2) is 5.89. The van der Waals surface area contributed by atoms with Gasteiger partial charge in [0.25, 0.3) is 0 Å². The molecule has 1 saturated heterocycles. The fraction of sp³-hybridized carbons (Fsp3) is 0.462. The molecule has 2 atom stereocenters. The number of hydrogen-bond acceptors (Lipinski definition) is 6. The van der Waals surface area contributed by atoms with Crippen LogP contribution >= 0.6 is 0 Å². The number of sulfone groups is 1. The van der Waals surface area contributed by atoms with Crippen molar-refractivity contribution in [2.24, 2.45) is 0 Å². The van der Waals surface area contributed by atoms with E-state index in [1.54, 1.807) is 11.0 Å². The normalized spacial score (nSPS) is 23.6. The molecule has 6 nitrogen and oxygen atoms in total. The molecular weight excluding hydrogens is 280 g/mol. The van der Waals surface area contributed by atoms with Crippen molar-refractivity contribution >= 4 is 9.84 Å². The number of nitrogens with zero attached hydrogens (tertiary/aromatic N) is 2. The third-order valence-electron chi connectivity index (χ3n) is 3.33. The van der Waals surface area contributed by atoms with Crippen molar-refractivity contribution in [2.75, 3.05) is 25.4 Å². The number of β-amino-alcohol motifs (C(OH)–C–C–N with tert-alkyl or cyclic N) is 2. The summed E-state index contributed by atoms with van der Waals surface area (Å²) in [6.45, 7) is 0.789. The highest BCUT2D eigenvalue weighted by Crippen LogP contribution is 2.15. The molecule has 1 aromatic rings. The molecule has 0 aliphatic carbocycles. The quantitative estimate of drug-likeness (QED) is 0.767. The van der Waals surface area contributed by atoms with E-state index in [4.69, 9.17) is 5.26 Å². The summed E-state index contributed by atoms with van der Waals surface area (Å²) in [5.74, 6) is -0.110. The first kappa shape index (κ1) is 14.9. The van der Waals surface area contributed by atoms with Crippen molar-refractivity contribution in [3.8, 4) is 6.07 Å². The maximum Gasteiger partial charge on any atom is 0.179 e. The number of rotatable bonds is 4. The van der Waals surface area contributed by atoms with Gasteiger partial charge in [0.05, 0.1) is 34.5 Å². The lowest BCUT2D eigenvalue weighted by Gasteiger charge is -2.14. The topological polar surface area (TPSA) is 102 Å². The van der Waals surface area contributed by atoms with Gasteiger partial charge >= 0.3 is 0 Å². The van der Waals surface area contributed by atoms with Crippen LogP contribution in [0.1, 0.15) is 5.56 Å². The first-order valence-corrected chi connectivity index (χ1v) is 7.89. The average molecular weight is 296 g/mol. The number of nitriles is 1. The molecule has 0 spiro atoms. The molecule has 1 aromatic carbocycles. The van der Waals surface area contributed by atoms with Gasteiger partial charge in [-0.2, -0.15) is 5.26 Å². The first-order chi connectivity index (χ1) is 9.42. The Bertz CT molecular complexity index is 614. The van der Waals surface area contributed by atoms with E-state index in [0.29, 0.717) is 5.56 Å². The molecule has 2 unspecified atom stereocenters. The summed E-state index contributed by atoms with van der Waals surface area (Å²) in [6.07, 6.45) is -1.64. The maximum atomic E-state index is 12.2. The lowest BCUT2D eigenvalue weighted by atomic mass is 10.2. The molecule has 2 rings (SSSR count). The highest BCUT2D eigenvalue weighted by Gasteiger charge is 2.30. The Labute approximate surface area is 117 Å². The SMILES string of the molecule is N#Cc1cccc(S(=O)(=O)CCN2CC(O)C(O)C2)c1. The fourth-order valence-electron chi connectivity index (χ4n) is 2.16. The molecule has 108 valence electrons. The van der Waals surface area contributed by atoms with Crippen LogP contribution in [0.4, 0.5) is 0 Å². The zero-order valence-corrected chi connectivity index (χ0v) is 11.6. The summed E-state index contributed by atoms with van der Waals surface area (Å²) >= 11 is 0. The van der Waals surface area contributed by atoms with Crippen molar-refractivity contribution in [2.45, 2.75) is 17.1 Å². The molecule has 2 N–H and O–H groups in total. The van der Waals surface area contributed by atoms with Gasteiger partial charge in [-0.05, 0) is 18.2 Å². The van der Waals surface area contributed by atoms with Gasteiger partial charge in [0.15, 0.2) is 9.84 Å². The number of hydrogen-bond donors (Lipinski definition) is 2. The summed E-state index contributed by atoms with van der Waals surface area (Å²) in [6, 6.07) is 7.80. The Morgan fingerprint density at radius 1 is 1.30 bits per heavy atom. The number of likely N-dealkylation sites (tertiary alicyclic amines) is 1. The third kappa shape index (κ3) is 3.35. The Balaban J connectivity index is 2.03. The molecule has 1 aliphatic heterocycles. The second-order valence-corrected chi connectivity index (χ2v) is 6.96. The van der Waals surface area contributed by atoms with Gasteiger partial charge in [-0.1, -0.05) is 6.07 Å². The van der Waals surface area contributed by atoms with Crippen LogP contribution in [0.5, 0.6) is 0 Å². The lowest BCUT2D eigenvalue weighted by Crippen LogP contribution is -2.28. The Hall–Kier alpha value is -1.46. The van der Waals surface area contributed by atoms with Crippen LogP contribution in [-0.2, 0) is 9.84 Å². The van der Waals surface area contributed by atoms with Gasteiger partial charge in [-0.15, -0.1) is 0 Å². The maximum absolute atomic E-state index is 12.2. The zero-order valence-electron chi connectivity index (χ0n) is 10.8. The van der Waals surface area contributed by atoms with Crippen molar-refractivity contribution in [3.05, 3.63) is 29.8 Å². The smallest absolute Gasteiger partial charge is 0.179 e. The summed E-state index contributed by atoms with van der Waals surface area (Å²) in [4.78, 5) is 1.83. The summed E-state index contributed by atoms with van der Waals surface area (Å²) < 4.78 is 24.3. The minimum atomic E-state index is -3.47. The van der Waals surface area contributed by atoms with E-state index in [2.05, 4.69) is 0 Å². The third-order valence-corrected chi connectivity index (χ3v) is 5.03. The molecule has 0 bridgehead atoms. The second-order valence-electron chi connectivity index (χ2n) is 4.85. The standard InChI is InChI=1S/C13H16N2O4S/c14-7-10-2-1-3-11(6-10)20(18,19)5-4-15-8-12(16)13(17)9-15/h1-3,6,12-13,16-17H,4-5,8-9H2. The Morgan fingerprint density at radius 3 is 2.55 bits per heavy atom. The molecule has 0 radical (unpaired) electrons. The largest absolute Gasteiger partial charge is 0.389 e. The zero-order chi connectivity index (χ0) is 14.8. The van der Waals surface area contributed by atoms with E-state index < -0.39 is 22.0 Å². The molecule has 7 heteroatoms. The highest BCUT2D eigenvalue weighted by molar-refractivity contribution is 7.91. The molecule has 1 heterocycles. The Morgan fingerprint density at radius 2 is 1.95 bits per heavy atom. The minimum Gasteiger partial charge on any atom is -0.389 e. The number of aliphatic hydroxyl groups is 2. The summed E-state index contributed by atoms with van der Waals surface area (Å²) in [5, 5.41) is 27.6. The van der Waals surface area contributed by atoms with Crippen LogP contribution < -0.4 is 0 Å². The molecule has 1 fully saturated rings. The predicted octanol–water partition coefficient (Wildman–Crippen LogP) is -0.631. The Kier molecular flexibility index (Phi) is 4.40. The molecule has 0 amide bonds. The molecule has 0 saturated carbocycles. The van der Waals surface area contributed by atoms with E-state index in [1.165, 1.54) is 18.2 Å². The minimum absolute atomic E-state index is 0.110. The van der Waals surface area contributed by atoms with Crippen molar-refractivity contribution in [1.82, 2.24) is 4.90 Å². The van der Waals surface area contributed by atoms with Gasteiger partial charge < -0.3 is 10.2 Å². The van der Waals surface area contributed by atoms with E-state index in [1.807, 2.05) is 6.07 Å². The lowest BCUT2D eigenvalue weighted by molar-refractivity contribution is 0.0572. The molecule has 0 aromatic heterocycles. The van der Waals surface area contributed by atoms with E-state index >= 15 is 0 Å². The highest BCUT2D eigenvalue weighted by atomic mass is 32.2. The summed E-state index contributed by atoms with van der Waals surface area (Å²) in [7, 11) is -3.47. The van der Waals surface area contributed by atoms with Crippen LogP contribution in [0.3, 0.4) is 0 Å². The van der Waals surface area contributed by atoms with Crippen LogP contribution in [0.2, 0.25) is 0 Å². The van der Waals surface area contributed by atoms with Crippen LogP contribution in [0, 0.1) is 11.3 Å². The average Bonchev–Trinajstić information content (AvgIpc) is 2.76. The van der Waals surface area contributed by atoms with Gasteiger partial charge in [0.1, 0.15) is 0 Å². The number of benzene rings is 1. The monoisotopic (exact) mass is 296 g/mol. The van der Waals surface area contributed by atoms with E-state index in [-0.39, 0.29) is 30.3 Å². The van der Waals surface area contributed by atoms with E-state index in [0.717, 1.165) is 0 Å². The summed E-state index contributed by atoms with van der Waals surface area (Å²) in [5.41, 5.74) is 0.304. The molecular formula is C13H16N2O4S. The fourth-order valence-corrected chi connectivity index (χ4v) is 3.48. The van der Waals surface area contributed by atoms with Crippen molar-refractivity contribution in [3.63, 3.8) is 0 Å². The van der Waals surface area contributed by atoms with Crippen LogP contribution in [0.15, 0.2) is 29.2 Å². The number of aliphatic hydroxyl groups excluding tert-OH is 2. The van der Waals surface area contributed by atoms with Gasteiger partial charge in [-0.3, -0.25) is 4.90 Å². The first-order valence-electron chi connectivity index (χ1n) is 6.24. The van der Waals surface area contributed by atoms with Crippen LogP contribution in [-0.4, -0.2) is 61.1 Å².